The molecule has 0 aliphatic carbocycles. The van der Waals surface area contributed by atoms with E-state index in [1.165, 1.54) is 23.9 Å². The van der Waals surface area contributed by atoms with E-state index < -0.39 is 11.6 Å². The second-order valence-corrected chi connectivity index (χ2v) is 5.53. The topological polar surface area (TPSA) is 21.3 Å². The molecule has 5 heteroatoms. The fourth-order valence-corrected chi connectivity index (χ4v) is 2.43. The number of methoxy groups -OCH3 is 1. The van der Waals surface area contributed by atoms with Crippen molar-refractivity contribution in [2.45, 2.75) is 23.5 Å². The fraction of sp³-hybridized carbons (Fsp3) is 0.538. The molecule has 0 spiro atoms. The zero-order valence-corrected chi connectivity index (χ0v) is 11.5. The third-order valence-corrected chi connectivity index (χ3v) is 3.51. The summed E-state index contributed by atoms with van der Waals surface area (Å²) in [6.45, 7) is 4.41. The summed E-state index contributed by atoms with van der Waals surface area (Å²) >= 11 is 1.41. The normalized spacial score (nSPS) is 12.7. The summed E-state index contributed by atoms with van der Waals surface area (Å²) in [6, 6.07) is 3.68. The van der Waals surface area contributed by atoms with Crippen LogP contribution in [0.15, 0.2) is 23.1 Å². The molecule has 0 heterocycles. The molecule has 1 rings (SSSR count). The lowest BCUT2D eigenvalue weighted by Gasteiger charge is -2.12. The Labute approximate surface area is 111 Å². The van der Waals surface area contributed by atoms with E-state index in [2.05, 4.69) is 5.32 Å². The summed E-state index contributed by atoms with van der Waals surface area (Å²) in [7, 11) is 1.68. The largest absolute Gasteiger partial charge is 0.385 e. The molecule has 0 fully saturated rings. The van der Waals surface area contributed by atoms with Crippen LogP contribution in [0, 0.1) is 11.6 Å². The number of benzene rings is 1. The van der Waals surface area contributed by atoms with Crippen LogP contribution in [-0.2, 0) is 4.74 Å². The summed E-state index contributed by atoms with van der Waals surface area (Å²) < 4.78 is 31.1. The van der Waals surface area contributed by atoms with E-state index >= 15 is 0 Å². The van der Waals surface area contributed by atoms with Crippen molar-refractivity contribution in [1.82, 2.24) is 5.32 Å². The lowest BCUT2D eigenvalue weighted by Crippen LogP contribution is -2.24. The summed E-state index contributed by atoms with van der Waals surface area (Å²) in [4.78, 5) is 0.489. The van der Waals surface area contributed by atoms with Crippen LogP contribution in [0.4, 0.5) is 8.78 Å². The zero-order chi connectivity index (χ0) is 13.4. The van der Waals surface area contributed by atoms with Crippen molar-refractivity contribution >= 4 is 11.8 Å². The highest BCUT2D eigenvalue weighted by atomic mass is 32.2. The average Bonchev–Trinajstić information content (AvgIpc) is 2.32. The highest BCUT2D eigenvalue weighted by Gasteiger charge is 2.09. The minimum absolute atomic E-state index is 0.229. The molecule has 0 radical (unpaired) electrons. The highest BCUT2D eigenvalue weighted by Crippen LogP contribution is 2.26. The number of hydrogen-bond donors (Lipinski definition) is 1. The van der Waals surface area contributed by atoms with Gasteiger partial charge >= 0.3 is 0 Å². The van der Waals surface area contributed by atoms with Crippen LogP contribution >= 0.6 is 11.8 Å². The van der Waals surface area contributed by atoms with Gasteiger partial charge in [-0.1, -0.05) is 6.92 Å². The van der Waals surface area contributed by atoms with Crippen LogP contribution in [0.2, 0.25) is 0 Å². The van der Waals surface area contributed by atoms with E-state index in [4.69, 9.17) is 4.74 Å². The lowest BCUT2D eigenvalue weighted by molar-refractivity contribution is 0.194. The molecule has 1 aromatic carbocycles. The number of thioether (sulfide) groups is 1. The van der Waals surface area contributed by atoms with Crippen molar-refractivity contribution < 1.29 is 13.5 Å². The third kappa shape index (κ3) is 5.80. The molecule has 1 unspecified atom stereocenters. The summed E-state index contributed by atoms with van der Waals surface area (Å²) in [5.41, 5.74) is 0. The van der Waals surface area contributed by atoms with Gasteiger partial charge in [0.2, 0.25) is 0 Å². The van der Waals surface area contributed by atoms with Gasteiger partial charge in [-0.2, -0.15) is 0 Å². The summed E-state index contributed by atoms with van der Waals surface area (Å²) in [5, 5.41) is 3.50. The molecule has 1 aromatic rings. The summed E-state index contributed by atoms with van der Waals surface area (Å²) in [6.07, 6.45) is 0.957. The Balaban J connectivity index is 2.28. The average molecular weight is 275 g/mol. The maximum atomic E-state index is 13.4. The maximum absolute atomic E-state index is 13.4. The molecule has 18 heavy (non-hydrogen) atoms. The standard InChI is InChI=1S/C13H19F2NOS/c1-10(9-16-6-3-7-17-2)18-13-5-4-11(14)8-12(13)15/h4-5,8,10,16H,3,6-7,9H2,1-2H3. The van der Waals surface area contributed by atoms with E-state index in [0.717, 1.165) is 32.2 Å². The van der Waals surface area contributed by atoms with E-state index in [0.29, 0.717) is 4.90 Å². The molecule has 0 saturated carbocycles. The van der Waals surface area contributed by atoms with Gasteiger partial charge in [0.05, 0.1) is 0 Å². The van der Waals surface area contributed by atoms with Gasteiger partial charge in [0.1, 0.15) is 11.6 Å². The minimum atomic E-state index is -0.540. The second kappa shape index (κ2) is 8.45. The summed E-state index contributed by atoms with van der Waals surface area (Å²) in [5.74, 6) is -1.03. The van der Waals surface area contributed by atoms with Crippen molar-refractivity contribution in [3.8, 4) is 0 Å². The van der Waals surface area contributed by atoms with Gasteiger partial charge in [0.15, 0.2) is 0 Å². The molecule has 0 saturated heterocycles. The predicted octanol–water partition coefficient (Wildman–Crippen LogP) is 3.07. The Hall–Kier alpha value is -0.650. The third-order valence-electron chi connectivity index (χ3n) is 2.36. The Morgan fingerprint density at radius 1 is 1.39 bits per heavy atom. The zero-order valence-electron chi connectivity index (χ0n) is 10.7. The number of hydrogen-bond acceptors (Lipinski definition) is 3. The first-order valence-electron chi connectivity index (χ1n) is 5.95. The number of nitrogens with one attached hydrogen (secondary N) is 1. The maximum Gasteiger partial charge on any atom is 0.139 e. The van der Waals surface area contributed by atoms with Crippen LogP contribution in [0.5, 0.6) is 0 Å². The van der Waals surface area contributed by atoms with E-state index in [1.807, 2.05) is 6.92 Å². The molecule has 0 amide bonds. The predicted molar refractivity (Wildman–Crippen MR) is 71.0 cm³/mol. The van der Waals surface area contributed by atoms with E-state index in [1.54, 1.807) is 7.11 Å². The van der Waals surface area contributed by atoms with Crippen molar-refractivity contribution in [3.63, 3.8) is 0 Å². The smallest absolute Gasteiger partial charge is 0.139 e. The van der Waals surface area contributed by atoms with Crippen molar-refractivity contribution in [2.24, 2.45) is 0 Å². The van der Waals surface area contributed by atoms with Gasteiger partial charge in [-0.15, -0.1) is 11.8 Å². The van der Waals surface area contributed by atoms with Crippen LogP contribution in [0.3, 0.4) is 0 Å². The highest BCUT2D eigenvalue weighted by molar-refractivity contribution is 8.00. The van der Waals surface area contributed by atoms with E-state index in [9.17, 15) is 8.78 Å². The molecule has 2 nitrogen and oxygen atoms in total. The van der Waals surface area contributed by atoms with Gasteiger partial charge in [-0.05, 0) is 25.1 Å². The van der Waals surface area contributed by atoms with Crippen molar-refractivity contribution in [3.05, 3.63) is 29.8 Å². The van der Waals surface area contributed by atoms with Gasteiger partial charge in [0, 0.05) is 36.5 Å². The first kappa shape index (κ1) is 15.4. The minimum Gasteiger partial charge on any atom is -0.385 e. The Morgan fingerprint density at radius 2 is 2.17 bits per heavy atom. The number of halogens is 2. The van der Waals surface area contributed by atoms with Crippen LogP contribution in [0.25, 0.3) is 0 Å². The number of rotatable bonds is 8. The monoisotopic (exact) mass is 275 g/mol. The van der Waals surface area contributed by atoms with Gasteiger partial charge in [-0.25, -0.2) is 8.78 Å². The first-order valence-corrected chi connectivity index (χ1v) is 6.83. The van der Waals surface area contributed by atoms with Crippen molar-refractivity contribution in [1.29, 1.82) is 0 Å². The van der Waals surface area contributed by atoms with Gasteiger partial charge in [0.25, 0.3) is 0 Å². The molecular formula is C13H19F2NOS. The first-order chi connectivity index (χ1) is 8.63. The molecule has 1 atom stereocenters. The van der Waals surface area contributed by atoms with Gasteiger partial charge in [-0.3, -0.25) is 0 Å². The Morgan fingerprint density at radius 3 is 2.83 bits per heavy atom. The van der Waals surface area contributed by atoms with Crippen LogP contribution in [-0.4, -0.2) is 32.1 Å². The molecule has 1 N–H and O–H groups in total. The Bertz CT molecular complexity index is 363. The molecular weight excluding hydrogens is 256 g/mol. The number of ether oxygens (including phenoxy) is 1. The molecule has 0 aliphatic heterocycles. The Kier molecular flexibility index (Phi) is 7.23. The molecule has 0 aromatic heterocycles. The second-order valence-electron chi connectivity index (χ2n) is 4.05. The lowest BCUT2D eigenvalue weighted by atomic mass is 10.3. The van der Waals surface area contributed by atoms with Gasteiger partial charge < -0.3 is 10.1 Å². The molecule has 102 valence electrons. The fourth-order valence-electron chi connectivity index (χ4n) is 1.48. The van der Waals surface area contributed by atoms with Crippen LogP contribution < -0.4 is 5.32 Å². The molecule has 0 aliphatic rings. The van der Waals surface area contributed by atoms with Crippen LogP contribution in [0.1, 0.15) is 13.3 Å². The van der Waals surface area contributed by atoms with Crippen molar-refractivity contribution in [2.75, 3.05) is 26.8 Å². The van der Waals surface area contributed by atoms with E-state index in [-0.39, 0.29) is 5.25 Å². The SMILES string of the molecule is COCCCNCC(C)Sc1ccc(F)cc1F. The molecule has 0 bridgehead atoms. The quantitative estimate of drug-likeness (QED) is 0.582.